The molecule has 1 rings (SSSR count). The summed E-state index contributed by atoms with van der Waals surface area (Å²) in [5, 5.41) is 10.3. The molecule has 0 amide bonds. The van der Waals surface area contributed by atoms with E-state index < -0.39 is 48.6 Å². The molecule has 0 aromatic rings. The molecule has 5 atom stereocenters. The van der Waals surface area contributed by atoms with Crippen LogP contribution in [-0.4, -0.2) is 67.4 Å². The molecule has 0 spiro atoms. The molecule has 0 aromatic carbocycles. The molecule has 1 aliphatic heterocycles. The number of carbonyl (C=O) groups is 3. The van der Waals surface area contributed by atoms with Gasteiger partial charge in [0.25, 0.3) is 0 Å². The van der Waals surface area contributed by atoms with Gasteiger partial charge in [-0.1, -0.05) is 0 Å². The number of aliphatic hydroxyl groups is 1. The summed E-state index contributed by atoms with van der Waals surface area (Å²) in [5.74, 6) is -1.89. The number of esters is 3. The summed E-state index contributed by atoms with van der Waals surface area (Å²) in [6, 6.07) is 0. The van der Waals surface area contributed by atoms with Gasteiger partial charge in [0.05, 0.1) is 0 Å². The summed E-state index contributed by atoms with van der Waals surface area (Å²) in [4.78, 5) is 33.2. The van der Waals surface area contributed by atoms with E-state index in [1.54, 1.807) is 0 Å². The Labute approximate surface area is 127 Å². The van der Waals surface area contributed by atoms with Crippen molar-refractivity contribution in [2.75, 3.05) is 13.7 Å². The number of hydrogen-bond donors (Lipinski definition) is 1. The predicted octanol–water partition coefficient (Wildman–Crippen LogP) is -0.855. The Bertz CT molecular complexity index is 420. The zero-order valence-electron chi connectivity index (χ0n) is 12.8. The Morgan fingerprint density at radius 1 is 1.00 bits per heavy atom. The zero-order valence-corrected chi connectivity index (χ0v) is 12.8. The van der Waals surface area contributed by atoms with Gasteiger partial charge in [-0.05, 0) is 0 Å². The van der Waals surface area contributed by atoms with E-state index in [1.807, 2.05) is 0 Å². The first-order chi connectivity index (χ1) is 10.3. The lowest BCUT2D eigenvalue weighted by Crippen LogP contribution is -2.61. The molecular formula is C13H20O9. The highest BCUT2D eigenvalue weighted by Gasteiger charge is 2.49. The zero-order chi connectivity index (χ0) is 16.9. The third-order valence-corrected chi connectivity index (χ3v) is 2.90. The van der Waals surface area contributed by atoms with E-state index in [0.29, 0.717) is 0 Å². The molecule has 0 bridgehead atoms. The molecule has 22 heavy (non-hydrogen) atoms. The highest BCUT2D eigenvalue weighted by atomic mass is 16.7. The topological polar surface area (TPSA) is 118 Å². The lowest BCUT2D eigenvalue weighted by atomic mass is 9.98. The lowest BCUT2D eigenvalue weighted by Gasteiger charge is -2.42. The Morgan fingerprint density at radius 2 is 1.55 bits per heavy atom. The average molecular weight is 320 g/mol. The van der Waals surface area contributed by atoms with E-state index in [9.17, 15) is 19.5 Å². The second-order valence-electron chi connectivity index (χ2n) is 4.72. The molecule has 9 nitrogen and oxygen atoms in total. The number of rotatable bonds is 5. The summed E-state index contributed by atoms with van der Waals surface area (Å²) < 4.78 is 25.3. The first-order valence-corrected chi connectivity index (χ1v) is 6.60. The third kappa shape index (κ3) is 4.93. The molecule has 1 aliphatic rings. The smallest absolute Gasteiger partial charge is 0.303 e. The van der Waals surface area contributed by atoms with E-state index in [4.69, 9.17) is 23.7 Å². The molecule has 0 saturated carbocycles. The van der Waals surface area contributed by atoms with E-state index >= 15 is 0 Å². The van der Waals surface area contributed by atoms with Crippen LogP contribution in [0.25, 0.3) is 0 Å². The number of ether oxygens (including phenoxy) is 5. The van der Waals surface area contributed by atoms with Crippen LogP contribution in [0.3, 0.4) is 0 Å². The minimum atomic E-state index is -1.40. The van der Waals surface area contributed by atoms with Crippen LogP contribution in [0, 0.1) is 0 Å². The summed E-state index contributed by atoms with van der Waals surface area (Å²) in [5.41, 5.74) is 0. The van der Waals surface area contributed by atoms with Crippen LogP contribution in [0.1, 0.15) is 20.8 Å². The normalized spacial score (nSPS) is 31.2. The highest BCUT2D eigenvalue weighted by molar-refractivity contribution is 5.67. The molecule has 1 N–H and O–H groups in total. The van der Waals surface area contributed by atoms with Gasteiger partial charge in [-0.3, -0.25) is 14.4 Å². The van der Waals surface area contributed by atoms with Gasteiger partial charge in [-0.2, -0.15) is 0 Å². The van der Waals surface area contributed by atoms with Gasteiger partial charge in [0.2, 0.25) is 0 Å². The Kier molecular flexibility index (Phi) is 6.72. The van der Waals surface area contributed by atoms with Crippen LogP contribution in [0.4, 0.5) is 0 Å². The maximum atomic E-state index is 11.2. The second-order valence-corrected chi connectivity index (χ2v) is 4.72. The summed E-state index contributed by atoms with van der Waals surface area (Å²) >= 11 is 0. The SMILES string of the molecule is COC1O[C@H](COC(C)=O)[C@@H](OC(C)=O)[C@H](O)[C@H]1OC(C)=O. The predicted molar refractivity (Wildman–Crippen MR) is 69.4 cm³/mol. The van der Waals surface area contributed by atoms with Crippen LogP contribution >= 0.6 is 0 Å². The Morgan fingerprint density at radius 3 is 2.00 bits per heavy atom. The molecule has 1 saturated heterocycles. The highest BCUT2D eigenvalue weighted by Crippen LogP contribution is 2.27. The Balaban J connectivity index is 2.94. The van der Waals surface area contributed by atoms with Gasteiger partial charge < -0.3 is 28.8 Å². The van der Waals surface area contributed by atoms with Crippen molar-refractivity contribution in [1.29, 1.82) is 0 Å². The van der Waals surface area contributed by atoms with Crippen LogP contribution < -0.4 is 0 Å². The van der Waals surface area contributed by atoms with Crippen molar-refractivity contribution in [3.8, 4) is 0 Å². The first-order valence-electron chi connectivity index (χ1n) is 6.60. The Hall–Kier alpha value is -1.71. The van der Waals surface area contributed by atoms with Crippen LogP contribution in [0.2, 0.25) is 0 Å². The number of aliphatic hydroxyl groups excluding tert-OH is 1. The van der Waals surface area contributed by atoms with Gasteiger partial charge in [0.1, 0.15) is 18.8 Å². The van der Waals surface area contributed by atoms with Crippen molar-refractivity contribution in [3.05, 3.63) is 0 Å². The summed E-state index contributed by atoms with van der Waals surface area (Å²) in [6.07, 6.45) is -5.80. The van der Waals surface area contributed by atoms with Gasteiger partial charge in [-0.25, -0.2) is 0 Å². The largest absolute Gasteiger partial charge is 0.463 e. The third-order valence-electron chi connectivity index (χ3n) is 2.90. The van der Waals surface area contributed by atoms with Crippen molar-refractivity contribution in [2.45, 2.75) is 51.5 Å². The fourth-order valence-corrected chi connectivity index (χ4v) is 2.07. The van der Waals surface area contributed by atoms with Crippen molar-refractivity contribution in [3.63, 3.8) is 0 Å². The summed E-state index contributed by atoms with van der Waals surface area (Å²) in [7, 11) is 1.29. The number of hydrogen-bond acceptors (Lipinski definition) is 9. The fourth-order valence-electron chi connectivity index (χ4n) is 2.07. The van der Waals surface area contributed by atoms with E-state index in [-0.39, 0.29) is 6.61 Å². The molecule has 9 heteroatoms. The monoisotopic (exact) mass is 320 g/mol. The van der Waals surface area contributed by atoms with Crippen LogP contribution in [-0.2, 0) is 38.1 Å². The number of carbonyl (C=O) groups excluding carboxylic acids is 3. The molecule has 1 heterocycles. The van der Waals surface area contributed by atoms with Gasteiger partial charge in [0.15, 0.2) is 18.5 Å². The fraction of sp³-hybridized carbons (Fsp3) is 0.769. The molecule has 126 valence electrons. The van der Waals surface area contributed by atoms with E-state index in [1.165, 1.54) is 14.0 Å². The van der Waals surface area contributed by atoms with Crippen molar-refractivity contribution >= 4 is 17.9 Å². The van der Waals surface area contributed by atoms with Gasteiger partial charge >= 0.3 is 17.9 Å². The van der Waals surface area contributed by atoms with E-state index in [2.05, 4.69) is 0 Å². The lowest BCUT2D eigenvalue weighted by molar-refractivity contribution is -0.300. The van der Waals surface area contributed by atoms with Crippen LogP contribution in [0.15, 0.2) is 0 Å². The van der Waals surface area contributed by atoms with Crippen molar-refractivity contribution in [1.82, 2.24) is 0 Å². The first kappa shape index (κ1) is 18.3. The molecule has 0 aliphatic carbocycles. The maximum Gasteiger partial charge on any atom is 0.303 e. The molecule has 1 unspecified atom stereocenters. The molecule has 1 fully saturated rings. The van der Waals surface area contributed by atoms with E-state index in [0.717, 1.165) is 13.8 Å². The quantitative estimate of drug-likeness (QED) is 0.510. The minimum absolute atomic E-state index is 0.253. The second kappa shape index (κ2) is 8.06. The molecule has 0 aromatic heterocycles. The maximum absolute atomic E-state index is 11.2. The number of methoxy groups -OCH3 is 1. The summed E-state index contributed by atoms with van der Waals surface area (Å²) in [6.45, 7) is 3.26. The standard InChI is InChI=1S/C13H20O9/c1-6(14)19-5-9-11(20-7(2)15)10(17)12(21-8(3)16)13(18-4)22-9/h9-13,17H,5H2,1-4H3/t9-,10+,11-,12-,13?/m1/s1. The van der Waals surface area contributed by atoms with Crippen molar-refractivity contribution in [2.24, 2.45) is 0 Å². The van der Waals surface area contributed by atoms with Crippen molar-refractivity contribution < 1.29 is 43.2 Å². The molecule has 0 radical (unpaired) electrons. The van der Waals surface area contributed by atoms with Gasteiger partial charge in [-0.15, -0.1) is 0 Å². The average Bonchev–Trinajstić information content (AvgIpc) is 2.41. The minimum Gasteiger partial charge on any atom is -0.463 e. The molecular weight excluding hydrogens is 300 g/mol. The van der Waals surface area contributed by atoms with Gasteiger partial charge in [0, 0.05) is 27.9 Å². The van der Waals surface area contributed by atoms with Crippen LogP contribution in [0.5, 0.6) is 0 Å².